The Kier molecular flexibility index (Phi) is 6.28. The van der Waals surface area contributed by atoms with Gasteiger partial charge in [0.1, 0.15) is 0 Å². The molecule has 0 unspecified atom stereocenters. The standard InChI is InChI=1S/C18H27ClN2/c1-14(2)12-18(16-4-6-17(19)7-5-16)15(3)13-21-10-8-20-9-11-21/h4-7,14,20H,8-13H2,1-3H3. The van der Waals surface area contributed by atoms with Crippen molar-refractivity contribution in [3.8, 4) is 0 Å². The molecule has 1 saturated heterocycles. The van der Waals surface area contributed by atoms with Gasteiger partial charge in [0.15, 0.2) is 0 Å². The molecule has 2 nitrogen and oxygen atoms in total. The molecule has 1 fully saturated rings. The lowest BCUT2D eigenvalue weighted by molar-refractivity contribution is 0.259. The summed E-state index contributed by atoms with van der Waals surface area (Å²) in [4.78, 5) is 2.54. The molecule has 3 heteroatoms. The zero-order chi connectivity index (χ0) is 15.2. The fourth-order valence-corrected chi connectivity index (χ4v) is 3.02. The van der Waals surface area contributed by atoms with Gasteiger partial charge in [0.05, 0.1) is 0 Å². The van der Waals surface area contributed by atoms with E-state index in [0.29, 0.717) is 5.92 Å². The highest BCUT2D eigenvalue weighted by atomic mass is 35.5. The molecule has 0 atom stereocenters. The van der Waals surface area contributed by atoms with Gasteiger partial charge in [-0.15, -0.1) is 0 Å². The molecular formula is C18H27ClN2. The molecule has 0 amide bonds. The normalized spacial score (nSPS) is 18.0. The van der Waals surface area contributed by atoms with Crippen molar-refractivity contribution < 1.29 is 0 Å². The molecule has 21 heavy (non-hydrogen) atoms. The summed E-state index contributed by atoms with van der Waals surface area (Å²) < 4.78 is 0. The molecule has 0 radical (unpaired) electrons. The van der Waals surface area contributed by atoms with Gasteiger partial charge in [0, 0.05) is 37.7 Å². The van der Waals surface area contributed by atoms with Gasteiger partial charge in [0.2, 0.25) is 0 Å². The zero-order valence-electron chi connectivity index (χ0n) is 13.5. The summed E-state index contributed by atoms with van der Waals surface area (Å²) in [6.45, 7) is 12.4. The van der Waals surface area contributed by atoms with Gasteiger partial charge in [-0.2, -0.15) is 0 Å². The molecule has 116 valence electrons. The van der Waals surface area contributed by atoms with Gasteiger partial charge in [-0.3, -0.25) is 4.90 Å². The van der Waals surface area contributed by atoms with E-state index in [-0.39, 0.29) is 0 Å². The van der Waals surface area contributed by atoms with Crippen molar-refractivity contribution in [2.45, 2.75) is 27.2 Å². The molecule has 1 aliphatic rings. The second-order valence-electron chi connectivity index (χ2n) is 6.39. The first-order chi connectivity index (χ1) is 10.1. The van der Waals surface area contributed by atoms with Crippen molar-refractivity contribution in [1.29, 1.82) is 0 Å². The summed E-state index contributed by atoms with van der Waals surface area (Å²) >= 11 is 6.03. The van der Waals surface area contributed by atoms with Crippen LogP contribution in [-0.2, 0) is 0 Å². The Morgan fingerprint density at radius 3 is 2.38 bits per heavy atom. The first-order valence-electron chi connectivity index (χ1n) is 7.94. The summed E-state index contributed by atoms with van der Waals surface area (Å²) in [6.07, 6.45) is 1.12. The number of nitrogens with zero attached hydrogens (tertiary/aromatic N) is 1. The van der Waals surface area contributed by atoms with Crippen LogP contribution in [0.25, 0.3) is 5.57 Å². The third-order valence-corrected chi connectivity index (χ3v) is 4.24. The van der Waals surface area contributed by atoms with Crippen LogP contribution in [0.15, 0.2) is 29.8 Å². The number of hydrogen-bond donors (Lipinski definition) is 1. The van der Waals surface area contributed by atoms with E-state index in [9.17, 15) is 0 Å². The van der Waals surface area contributed by atoms with E-state index in [1.54, 1.807) is 0 Å². The minimum absolute atomic E-state index is 0.661. The van der Waals surface area contributed by atoms with E-state index < -0.39 is 0 Å². The molecule has 0 bridgehead atoms. The number of halogens is 1. The number of allylic oxidation sites excluding steroid dienone is 1. The fourth-order valence-electron chi connectivity index (χ4n) is 2.90. The lowest BCUT2D eigenvalue weighted by Crippen LogP contribution is -2.44. The maximum atomic E-state index is 6.03. The second kappa shape index (κ2) is 7.98. The van der Waals surface area contributed by atoms with Gasteiger partial charge in [0.25, 0.3) is 0 Å². The largest absolute Gasteiger partial charge is 0.314 e. The van der Waals surface area contributed by atoms with Crippen LogP contribution in [0.4, 0.5) is 0 Å². The van der Waals surface area contributed by atoms with Crippen molar-refractivity contribution in [3.05, 3.63) is 40.4 Å². The van der Waals surface area contributed by atoms with Gasteiger partial charge in [-0.05, 0) is 42.5 Å². The Labute approximate surface area is 134 Å². The number of rotatable bonds is 5. The number of hydrogen-bond acceptors (Lipinski definition) is 2. The van der Waals surface area contributed by atoms with E-state index in [0.717, 1.165) is 44.2 Å². The molecule has 1 aliphatic heterocycles. The average molecular weight is 307 g/mol. The Balaban J connectivity index is 2.19. The molecular weight excluding hydrogens is 280 g/mol. The van der Waals surface area contributed by atoms with Crippen LogP contribution in [0.5, 0.6) is 0 Å². The van der Waals surface area contributed by atoms with Gasteiger partial charge < -0.3 is 5.32 Å². The van der Waals surface area contributed by atoms with Crippen LogP contribution in [0.3, 0.4) is 0 Å². The van der Waals surface area contributed by atoms with Crippen LogP contribution < -0.4 is 5.32 Å². The van der Waals surface area contributed by atoms with E-state index in [2.05, 4.69) is 43.1 Å². The predicted octanol–water partition coefficient (Wildman–Crippen LogP) is 4.06. The van der Waals surface area contributed by atoms with Crippen molar-refractivity contribution in [1.82, 2.24) is 10.2 Å². The van der Waals surface area contributed by atoms with E-state index >= 15 is 0 Å². The Hall–Kier alpha value is -0.830. The lowest BCUT2D eigenvalue weighted by Gasteiger charge is -2.28. The quantitative estimate of drug-likeness (QED) is 0.882. The maximum absolute atomic E-state index is 6.03. The van der Waals surface area contributed by atoms with Crippen LogP contribution in [0.1, 0.15) is 32.8 Å². The molecule has 1 N–H and O–H groups in total. The molecule has 2 rings (SSSR count). The van der Waals surface area contributed by atoms with Crippen LogP contribution in [-0.4, -0.2) is 37.6 Å². The zero-order valence-corrected chi connectivity index (χ0v) is 14.2. The molecule has 0 saturated carbocycles. The van der Waals surface area contributed by atoms with Crippen molar-refractivity contribution in [2.75, 3.05) is 32.7 Å². The topological polar surface area (TPSA) is 15.3 Å². The SMILES string of the molecule is CC(CN1CCNCC1)=C(CC(C)C)c1ccc(Cl)cc1. The van der Waals surface area contributed by atoms with Crippen molar-refractivity contribution >= 4 is 17.2 Å². The molecule has 0 aliphatic carbocycles. The van der Waals surface area contributed by atoms with Crippen molar-refractivity contribution in [2.24, 2.45) is 5.92 Å². The number of piperazine rings is 1. The van der Waals surface area contributed by atoms with Gasteiger partial charge in [-0.1, -0.05) is 43.2 Å². The highest BCUT2D eigenvalue weighted by Crippen LogP contribution is 2.27. The third kappa shape index (κ3) is 5.14. The summed E-state index contributed by atoms with van der Waals surface area (Å²) in [6, 6.07) is 8.30. The van der Waals surface area contributed by atoms with Crippen molar-refractivity contribution in [3.63, 3.8) is 0 Å². The number of benzene rings is 1. The second-order valence-corrected chi connectivity index (χ2v) is 6.83. The molecule has 1 aromatic rings. The highest BCUT2D eigenvalue weighted by molar-refractivity contribution is 6.30. The monoisotopic (exact) mass is 306 g/mol. The van der Waals surface area contributed by atoms with Gasteiger partial charge in [-0.25, -0.2) is 0 Å². The third-order valence-electron chi connectivity index (χ3n) is 3.99. The van der Waals surface area contributed by atoms with Crippen LogP contribution in [0.2, 0.25) is 5.02 Å². The molecule has 1 heterocycles. The Morgan fingerprint density at radius 1 is 1.19 bits per heavy atom. The lowest BCUT2D eigenvalue weighted by atomic mass is 9.92. The minimum Gasteiger partial charge on any atom is -0.314 e. The minimum atomic E-state index is 0.661. The van der Waals surface area contributed by atoms with E-state index in [1.807, 2.05) is 12.1 Å². The van der Waals surface area contributed by atoms with Crippen LogP contribution >= 0.6 is 11.6 Å². The first-order valence-corrected chi connectivity index (χ1v) is 8.31. The molecule has 0 spiro atoms. The fraction of sp³-hybridized carbons (Fsp3) is 0.556. The molecule has 0 aromatic heterocycles. The first kappa shape index (κ1) is 16.5. The number of nitrogens with one attached hydrogen (secondary N) is 1. The summed E-state index contributed by atoms with van der Waals surface area (Å²) in [7, 11) is 0. The van der Waals surface area contributed by atoms with E-state index in [1.165, 1.54) is 16.7 Å². The van der Waals surface area contributed by atoms with Gasteiger partial charge >= 0.3 is 0 Å². The predicted molar refractivity (Wildman–Crippen MR) is 92.8 cm³/mol. The highest BCUT2D eigenvalue weighted by Gasteiger charge is 2.14. The Morgan fingerprint density at radius 2 is 1.81 bits per heavy atom. The summed E-state index contributed by atoms with van der Waals surface area (Å²) in [5, 5.41) is 4.22. The van der Waals surface area contributed by atoms with E-state index in [4.69, 9.17) is 11.6 Å². The smallest absolute Gasteiger partial charge is 0.0406 e. The Bertz CT molecular complexity index is 470. The average Bonchev–Trinajstić information content (AvgIpc) is 2.46. The summed E-state index contributed by atoms with van der Waals surface area (Å²) in [5.74, 6) is 0.661. The molecule has 1 aromatic carbocycles. The summed E-state index contributed by atoms with van der Waals surface area (Å²) in [5.41, 5.74) is 4.30. The van der Waals surface area contributed by atoms with Crippen LogP contribution in [0, 0.1) is 5.92 Å². The maximum Gasteiger partial charge on any atom is 0.0406 e.